The van der Waals surface area contributed by atoms with Gasteiger partial charge in [0.2, 0.25) is 28.5 Å². The fourth-order valence-electron chi connectivity index (χ4n) is 20.0. The molecule has 132 heavy (non-hydrogen) atoms. The number of aryl methyl sites for hydroxylation is 17. The van der Waals surface area contributed by atoms with Gasteiger partial charge in [-0.05, 0) is 244 Å². The quantitative estimate of drug-likeness (QED) is 0.160. The molecule has 10 heterocycles. The minimum Gasteiger partial charge on any atom is -0.455 e. The number of nitrogens with zero attached hydrogens (tertiary/aromatic N) is 5. The highest BCUT2D eigenvalue weighted by Gasteiger charge is 2.31. The van der Waals surface area contributed by atoms with Crippen LogP contribution in [0.3, 0.4) is 0 Å². The molecule has 10 nitrogen and oxygen atoms in total. The Morgan fingerprint density at radius 3 is 0.848 bits per heavy atom. The minimum atomic E-state index is -2.36. The van der Waals surface area contributed by atoms with Crippen LogP contribution in [-0.2, 0) is 35.2 Å². The summed E-state index contributed by atoms with van der Waals surface area (Å²) < 4.78 is 136. The summed E-state index contributed by atoms with van der Waals surface area (Å²) in [6, 6.07) is 98.2. The lowest BCUT2D eigenvalue weighted by Crippen LogP contribution is -2.31. The Morgan fingerprint density at radius 2 is 0.492 bits per heavy atom. The van der Waals surface area contributed by atoms with E-state index >= 15 is 0 Å². The van der Waals surface area contributed by atoms with E-state index < -0.39 is 27.4 Å². The highest BCUT2D eigenvalue weighted by atomic mass is 16.3. The monoisotopic (exact) mass is 1730 g/mol. The van der Waals surface area contributed by atoms with Crippen LogP contribution in [0.5, 0.6) is 0 Å². The highest BCUT2D eigenvalue weighted by molar-refractivity contribution is 6.21. The normalized spacial score (nSPS) is 13.4. The van der Waals surface area contributed by atoms with Gasteiger partial charge < -0.3 is 22.1 Å². The van der Waals surface area contributed by atoms with Crippen LogP contribution in [0.25, 0.3) is 220 Å². The van der Waals surface area contributed by atoms with Crippen molar-refractivity contribution in [3.05, 3.63) is 389 Å². The van der Waals surface area contributed by atoms with Gasteiger partial charge in [0, 0.05) is 82.7 Å². The van der Waals surface area contributed by atoms with Crippen LogP contribution < -0.4 is 22.8 Å². The van der Waals surface area contributed by atoms with Gasteiger partial charge in [0.25, 0.3) is 0 Å². The maximum atomic E-state index is 8.08. The highest BCUT2D eigenvalue weighted by Crippen LogP contribution is 2.46. The number of benzene rings is 15. The maximum absolute atomic E-state index is 8.08. The molecule has 10 heteroatoms. The smallest absolute Gasteiger partial charge is 0.224 e. The van der Waals surface area contributed by atoms with Crippen LogP contribution in [0.4, 0.5) is 0 Å². The lowest BCUT2D eigenvalue weighted by molar-refractivity contribution is -0.659. The summed E-state index contributed by atoms with van der Waals surface area (Å²) in [7, 11) is 9.96. The maximum Gasteiger partial charge on any atom is 0.224 e. The molecule has 0 aliphatic heterocycles. The Balaban J connectivity index is 0.000000107. The number of hydrogen-bond acceptors (Lipinski definition) is 5. The zero-order valence-electron chi connectivity index (χ0n) is 87.9. The van der Waals surface area contributed by atoms with Crippen molar-refractivity contribution in [1.29, 1.82) is 0 Å². The molecule has 0 saturated carbocycles. The average Bonchev–Trinajstić information content (AvgIpc) is 1.58. The number of aromatic nitrogens is 5. The summed E-state index contributed by atoms with van der Waals surface area (Å²) in [6.45, 7) is 7.50. The Bertz CT molecular complexity index is 9370. The first kappa shape index (κ1) is 70.3. The zero-order chi connectivity index (χ0) is 101. The molecule has 0 amide bonds. The Morgan fingerprint density at radius 1 is 0.197 bits per heavy atom. The molecule has 0 bridgehead atoms. The Labute approximate surface area is 783 Å². The zero-order valence-corrected chi connectivity index (χ0v) is 75.9. The van der Waals surface area contributed by atoms with Crippen molar-refractivity contribution < 1.29 is 61.4 Å². The molecule has 25 aromatic rings. The van der Waals surface area contributed by atoms with E-state index in [2.05, 4.69) is 277 Å². The molecule has 25 rings (SSSR count). The van der Waals surface area contributed by atoms with Crippen LogP contribution in [0.15, 0.2) is 344 Å². The molecule has 0 atom stereocenters. The average molecular weight is 1730 g/mol. The van der Waals surface area contributed by atoms with E-state index in [4.69, 9.17) is 38.5 Å². The number of pyridine rings is 5. The molecular formula is C122H104N5O5+5. The molecule has 0 saturated heterocycles. The van der Waals surface area contributed by atoms with Gasteiger partial charge in [-0.25, -0.2) is 4.57 Å². The van der Waals surface area contributed by atoms with Gasteiger partial charge in [-0.1, -0.05) is 217 Å². The van der Waals surface area contributed by atoms with Crippen LogP contribution in [0.1, 0.15) is 83.2 Å². The lowest BCUT2D eigenvalue weighted by atomic mass is 9.97. The molecular weight excluding hydrogens is 1620 g/mol. The van der Waals surface area contributed by atoms with Gasteiger partial charge in [-0.2, -0.15) is 18.3 Å². The summed E-state index contributed by atoms with van der Waals surface area (Å²) in [5.41, 5.74) is 28.0. The first-order valence-corrected chi connectivity index (χ1v) is 44.5. The topological polar surface area (TPSA) is 85.1 Å². The van der Waals surface area contributed by atoms with E-state index in [1.165, 1.54) is 115 Å². The fourth-order valence-corrected chi connectivity index (χ4v) is 20.0. The fraction of sp³-hybridized carbons (Fsp3) is 0.139. The van der Waals surface area contributed by atoms with E-state index in [-0.39, 0.29) is 22.3 Å². The second-order valence-corrected chi connectivity index (χ2v) is 35.3. The van der Waals surface area contributed by atoms with Crippen molar-refractivity contribution in [3.8, 4) is 56.3 Å². The van der Waals surface area contributed by atoms with Gasteiger partial charge in [0.05, 0.1) is 22.3 Å². The van der Waals surface area contributed by atoms with Crippen molar-refractivity contribution in [2.24, 2.45) is 35.2 Å². The standard InChI is InChI=1S/3C25H22NO.C24H20NO.C23H18NO/c3*1-15-9-10-20(16(2)11-15)24-23-21-12-18-7-5-6-8-19(18)13-22(21)27-25(23)17(3)14-26(24)4;1-15-8-4-7-11-19(15)23-22-20-12-17-9-5-6-10-18(17)13-21(20)26-24(22)16(2)14-25(23)3;1-15-7-3-5-9-17(15)22-21-19-12-11-16-8-4-6-10-18(16)23(19)25-20(21)13-14-24(22)2/h3*5-14H,1-4H3;4-14H,1-3H3;3-14H,1-2H3/q5*+1/i2*1D3,3D3;;;. The second-order valence-electron chi connectivity index (χ2n) is 35.3. The molecule has 0 aliphatic rings. The van der Waals surface area contributed by atoms with Gasteiger partial charge >= 0.3 is 0 Å². The molecule has 10 aromatic heterocycles. The van der Waals surface area contributed by atoms with E-state index in [0.717, 1.165) is 116 Å². The van der Waals surface area contributed by atoms with E-state index in [1.54, 1.807) is 72.0 Å². The summed E-state index contributed by atoms with van der Waals surface area (Å²) in [6.07, 6.45) is 9.58. The van der Waals surface area contributed by atoms with E-state index in [0.29, 0.717) is 33.1 Å². The number of hydrogen-bond donors (Lipinski definition) is 0. The first-order chi connectivity index (χ1) is 68.8. The molecule has 0 spiro atoms. The first-order valence-electron chi connectivity index (χ1n) is 50.5. The third kappa shape index (κ3) is 14.5. The lowest BCUT2D eigenvalue weighted by Gasteiger charge is -2.08. The molecule has 0 radical (unpaired) electrons. The molecule has 642 valence electrons. The van der Waals surface area contributed by atoms with Crippen LogP contribution in [-0.4, -0.2) is 0 Å². The van der Waals surface area contributed by atoms with Crippen molar-refractivity contribution >= 4 is 164 Å². The molecule has 0 aliphatic carbocycles. The summed E-state index contributed by atoms with van der Waals surface area (Å²) >= 11 is 0. The minimum absolute atomic E-state index is 0.140. The second kappa shape index (κ2) is 33.1. The van der Waals surface area contributed by atoms with Gasteiger partial charge in [-0.3, -0.25) is 0 Å². The van der Waals surface area contributed by atoms with Gasteiger partial charge in [-0.15, -0.1) is 0 Å². The van der Waals surface area contributed by atoms with E-state index in [9.17, 15) is 0 Å². The largest absolute Gasteiger partial charge is 0.455 e. The molecule has 0 N–H and O–H groups in total. The van der Waals surface area contributed by atoms with E-state index in [1.807, 2.05) is 86.6 Å². The summed E-state index contributed by atoms with van der Waals surface area (Å²) in [5.74, 6) is 0. The Kier molecular flexibility index (Phi) is 17.7. The van der Waals surface area contributed by atoms with Gasteiger partial charge in [0.15, 0.2) is 53.3 Å². The predicted molar refractivity (Wildman–Crippen MR) is 546 cm³/mol. The molecule has 0 fully saturated rings. The Hall–Kier alpha value is -15.7. The number of rotatable bonds is 5. The predicted octanol–water partition coefficient (Wildman–Crippen LogP) is 29.9. The molecule has 15 aromatic carbocycles. The number of furan rings is 5. The summed E-state index contributed by atoms with van der Waals surface area (Å²) in [4.78, 5) is 0. The van der Waals surface area contributed by atoms with Crippen LogP contribution in [0.2, 0.25) is 0 Å². The van der Waals surface area contributed by atoms with Crippen molar-refractivity contribution in [1.82, 2.24) is 0 Å². The third-order valence-electron chi connectivity index (χ3n) is 26.3. The van der Waals surface area contributed by atoms with Gasteiger partial charge in [0.1, 0.15) is 95.7 Å². The van der Waals surface area contributed by atoms with Crippen molar-refractivity contribution in [2.45, 2.75) is 82.8 Å². The number of fused-ring (bicyclic) bond motifs is 21. The third-order valence-corrected chi connectivity index (χ3v) is 26.3. The summed E-state index contributed by atoms with van der Waals surface area (Å²) in [5, 5.41) is 21.5. The van der Waals surface area contributed by atoms with Crippen molar-refractivity contribution in [3.63, 3.8) is 0 Å². The SMILES string of the molecule is Cc1ccc(-c2c3c(oc4cc5ccccc5cc43)c(C)c[n+]2C)c(C)c1.Cc1ccccc1-c1c2c(cc[n+]1C)oc1c3ccccc3ccc12.Cc1ccccc1-c1c2c(oc3cc4ccccc4cc32)c(C)c[n+]1C.[2H]C([2H])([2H])c1ccc(-c2c3c(oc4cc5ccccc5cc43)c(C([2H])([2H])[2H])c[n+]2C)c(C)c1.[2H]C([2H])([2H])c1ccc(-c2c3c(oc4cc5ccccc5cc43)c(C([2H])([2H])[2H])c[n+]2C)c(C)c1. The van der Waals surface area contributed by atoms with Crippen LogP contribution >= 0.6 is 0 Å². The van der Waals surface area contributed by atoms with Crippen molar-refractivity contribution in [2.75, 3.05) is 0 Å². The van der Waals surface area contributed by atoms with Crippen LogP contribution in [0, 0.1) is 82.8 Å². The molecule has 0 unspecified atom stereocenters.